The number of allylic oxidation sites excluding steroid dienone is 14. The van der Waals surface area contributed by atoms with Crippen LogP contribution in [-0.4, -0.2) is 75.5 Å². The summed E-state index contributed by atoms with van der Waals surface area (Å²) in [5, 5.41) is 11.5. The van der Waals surface area contributed by atoms with Crippen LogP contribution in [0.2, 0.25) is 0 Å². The maximum Gasteiger partial charge on any atom is 0.306 e. The van der Waals surface area contributed by atoms with Crippen molar-refractivity contribution >= 4 is 17.9 Å². The predicted molar refractivity (Wildman–Crippen MR) is 198 cm³/mol. The van der Waals surface area contributed by atoms with Crippen LogP contribution in [-0.2, 0) is 28.6 Å². The number of quaternary nitrogens is 1. The fourth-order valence-corrected chi connectivity index (χ4v) is 4.51. The zero-order chi connectivity index (χ0) is 36.4. The topological polar surface area (TPSA) is 102 Å². The van der Waals surface area contributed by atoms with Crippen LogP contribution in [0.4, 0.5) is 0 Å². The summed E-state index contributed by atoms with van der Waals surface area (Å²) in [7, 11) is 5.34. The number of unbranched alkanes of at least 4 members (excludes halogenated alkanes) is 2. The fraction of sp³-hybridized carbons (Fsp3) is 0.585. The largest absolute Gasteiger partial charge is 0.544 e. The van der Waals surface area contributed by atoms with Crippen molar-refractivity contribution in [1.82, 2.24) is 0 Å². The summed E-state index contributed by atoms with van der Waals surface area (Å²) >= 11 is 0. The van der Waals surface area contributed by atoms with Gasteiger partial charge in [-0.3, -0.25) is 9.59 Å². The van der Waals surface area contributed by atoms with Gasteiger partial charge >= 0.3 is 11.9 Å². The second-order valence-corrected chi connectivity index (χ2v) is 12.7. The third-order valence-electron chi connectivity index (χ3n) is 7.29. The maximum absolute atomic E-state index is 12.5. The monoisotopic (exact) mass is 683 g/mol. The number of carbonyl (C=O) groups is 3. The third kappa shape index (κ3) is 30.3. The van der Waals surface area contributed by atoms with Gasteiger partial charge in [-0.2, -0.15) is 0 Å². The zero-order valence-corrected chi connectivity index (χ0v) is 31.1. The molecule has 0 rings (SSSR count). The molecule has 276 valence electrons. The Morgan fingerprint density at radius 2 is 1.10 bits per heavy atom. The van der Waals surface area contributed by atoms with Crippen LogP contribution in [0.15, 0.2) is 85.1 Å². The van der Waals surface area contributed by atoms with Gasteiger partial charge in [0.05, 0.1) is 40.3 Å². The lowest BCUT2D eigenvalue weighted by Crippen LogP contribution is -2.55. The first-order valence-corrected chi connectivity index (χ1v) is 18.1. The molecule has 0 saturated carbocycles. The summed E-state index contributed by atoms with van der Waals surface area (Å²) in [6.45, 7) is 4.25. The molecule has 0 aliphatic carbocycles. The Morgan fingerprint density at radius 1 is 0.612 bits per heavy atom. The molecule has 8 heteroatoms. The van der Waals surface area contributed by atoms with Crippen LogP contribution in [0.5, 0.6) is 0 Å². The van der Waals surface area contributed by atoms with Gasteiger partial charge in [-0.05, 0) is 70.6 Å². The molecule has 0 heterocycles. The van der Waals surface area contributed by atoms with Gasteiger partial charge in [0.25, 0.3) is 0 Å². The van der Waals surface area contributed by atoms with Gasteiger partial charge in [0.1, 0.15) is 12.6 Å². The number of nitrogens with zero attached hydrogens (tertiary/aromatic N) is 1. The highest BCUT2D eigenvalue weighted by Gasteiger charge is 2.25. The zero-order valence-electron chi connectivity index (χ0n) is 31.1. The number of carbonyl (C=O) groups excluding carboxylic acids is 3. The van der Waals surface area contributed by atoms with Crippen LogP contribution >= 0.6 is 0 Å². The van der Waals surface area contributed by atoms with Gasteiger partial charge in [0, 0.05) is 19.3 Å². The maximum atomic E-state index is 12.5. The second kappa shape index (κ2) is 31.8. The highest BCUT2D eigenvalue weighted by molar-refractivity contribution is 5.70. The van der Waals surface area contributed by atoms with E-state index in [1.165, 1.54) is 0 Å². The lowest BCUT2D eigenvalue weighted by molar-refractivity contribution is -0.889. The van der Waals surface area contributed by atoms with Crippen LogP contribution in [0.3, 0.4) is 0 Å². The first kappa shape index (κ1) is 45.5. The molecule has 0 spiro atoms. The number of carboxylic acids is 1. The lowest BCUT2D eigenvalue weighted by Gasteiger charge is -2.34. The van der Waals surface area contributed by atoms with Crippen LogP contribution < -0.4 is 5.11 Å². The smallest absolute Gasteiger partial charge is 0.306 e. The minimum atomic E-state index is -1.15. The summed E-state index contributed by atoms with van der Waals surface area (Å²) in [5.41, 5.74) is 0. The molecule has 2 unspecified atom stereocenters. The van der Waals surface area contributed by atoms with Gasteiger partial charge in [-0.1, -0.05) is 98.9 Å². The molecule has 0 aliphatic heterocycles. The van der Waals surface area contributed by atoms with Crippen molar-refractivity contribution in [3.05, 3.63) is 85.1 Å². The van der Waals surface area contributed by atoms with Crippen molar-refractivity contribution in [1.29, 1.82) is 0 Å². The quantitative estimate of drug-likeness (QED) is 0.0331. The highest BCUT2D eigenvalue weighted by atomic mass is 16.6. The molecule has 0 aliphatic rings. The standard InChI is InChI=1S/C41H65NO7/c1-6-8-10-12-14-16-17-18-19-20-21-22-24-25-27-29-31-39(43)48-36-37(35-47-34-33-38(41(45)46)42(3,4)5)49-40(44)32-30-28-26-23-15-13-11-9-7-2/h8-11,14-16,18-19,21-23,25,27,37-38H,6-7,12-13,17,20,24,26,28-36H2,1-5H3/b10-8+,11-9+,16-14+,19-18+,22-21+,23-15+,27-25+. The molecule has 2 atom stereocenters. The van der Waals surface area contributed by atoms with Gasteiger partial charge in [-0.25, -0.2) is 0 Å². The van der Waals surface area contributed by atoms with Crippen LogP contribution in [0, 0.1) is 0 Å². The first-order chi connectivity index (χ1) is 23.6. The summed E-state index contributed by atoms with van der Waals surface area (Å²) in [6, 6.07) is -0.744. The highest BCUT2D eigenvalue weighted by Crippen LogP contribution is 2.10. The number of hydrogen-bond acceptors (Lipinski definition) is 7. The fourth-order valence-electron chi connectivity index (χ4n) is 4.51. The number of aliphatic carboxylic acids is 1. The molecule has 49 heavy (non-hydrogen) atoms. The van der Waals surface area contributed by atoms with E-state index in [-0.39, 0.29) is 55.5 Å². The van der Waals surface area contributed by atoms with E-state index in [1.807, 2.05) is 12.2 Å². The van der Waals surface area contributed by atoms with E-state index in [2.05, 4.69) is 86.8 Å². The van der Waals surface area contributed by atoms with Gasteiger partial charge < -0.3 is 28.6 Å². The molecular formula is C41H65NO7. The first-order valence-electron chi connectivity index (χ1n) is 18.1. The van der Waals surface area contributed by atoms with E-state index >= 15 is 0 Å². The average molecular weight is 684 g/mol. The average Bonchev–Trinajstić information content (AvgIpc) is 3.05. The third-order valence-corrected chi connectivity index (χ3v) is 7.29. The van der Waals surface area contributed by atoms with E-state index in [0.29, 0.717) is 12.8 Å². The Balaban J connectivity index is 4.59. The van der Waals surface area contributed by atoms with Crippen molar-refractivity contribution in [3.8, 4) is 0 Å². The Labute approximate surface area is 297 Å². The van der Waals surface area contributed by atoms with Gasteiger partial charge in [0.2, 0.25) is 0 Å². The second-order valence-electron chi connectivity index (χ2n) is 12.7. The van der Waals surface area contributed by atoms with E-state index in [4.69, 9.17) is 14.2 Å². The Kier molecular flexibility index (Phi) is 29.5. The number of esters is 2. The van der Waals surface area contributed by atoms with Crippen molar-refractivity contribution in [3.63, 3.8) is 0 Å². The summed E-state index contributed by atoms with van der Waals surface area (Å²) in [4.78, 5) is 36.5. The number of rotatable bonds is 30. The van der Waals surface area contributed by atoms with E-state index < -0.39 is 18.1 Å². The molecule has 0 aromatic carbocycles. The number of likely N-dealkylation sites (N-methyl/N-ethyl adjacent to an activating group) is 1. The van der Waals surface area contributed by atoms with Crippen LogP contribution in [0.25, 0.3) is 0 Å². The molecule has 0 aromatic heterocycles. The molecule has 0 N–H and O–H groups in total. The number of hydrogen-bond donors (Lipinski definition) is 0. The Morgan fingerprint density at radius 3 is 1.59 bits per heavy atom. The number of carboxylic acid groups (broad SMARTS) is 1. The summed E-state index contributed by atoms with van der Waals surface area (Å²) in [5.74, 6) is -1.91. The predicted octanol–water partition coefficient (Wildman–Crippen LogP) is 7.68. The Bertz CT molecular complexity index is 1080. The molecule has 8 nitrogen and oxygen atoms in total. The SMILES string of the molecule is CC/C=C/C/C=C/C/C=C/C/C=C/C/C=C/CCC(=O)OCC(COCCC(C(=O)[O-])[N+](C)(C)C)OC(=O)CCCC/C=C/C/C=C/CC. The molecule has 0 amide bonds. The summed E-state index contributed by atoms with van der Waals surface area (Å²) < 4.78 is 16.9. The molecule has 0 fully saturated rings. The van der Waals surface area contributed by atoms with E-state index in [9.17, 15) is 19.5 Å². The normalized spacial score (nSPS) is 14.1. The van der Waals surface area contributed by atoms with E-state index in [1.54, 1.807) is 21.1 Å². The van der Waals surface area contributed by atoms with Crippen molar-refractivity contribution in [2.45, 2.75) is 116 Å². The minimum Gasteiger partial charge on any atom is -0.544 e. The Hall–Kier alpha value is -3.49. The molecule has 0 saturated heterocycles. The number of ether oxygens (including phenoxy) is 3. The molecule has 0 aromatic rings. The van der Waals surface area contributed by atoms with Crippen LogP contribution in [0.1, 0.15) is 104 Å². The van der Waals surface area contributed by atoms with Crippen molar-refractivity contribution < 1.29 is 38.2 Å². The van der Waals surface area contributed by atoms with Gasteiger partial charge in [-0.15, -0.1) is 0 Å². The lowest BCUT2D eigenvalue weighted by atomic mass is 10.1. The molecular weight excluding hydrogens is 618 g/mol. The molecule has 0 radical (unpaired) electrons. The minimum absolute atomic E-state index is 0.00127. The summed E-state index contributed by atoms with van der Waals surface area (Å²) in [6.07, 6.45) is 39.3. The van der Waals surface area contributed by atoms with E-state index in [0.717, 1.165) is 57.8 Å². The van der Waals surface area contributed by atoms with Gasteiger partial charge in [0.15, 0.2) is 6.10 Å². The van der Waals surface area contributed by atoms with Crippen molar-refractivity contribution in [2.24, 2.45) is 0 Å². The molecule has 0 bridgehead atoms. The van der Waals surface area contributed by atoms with Crippen molar-refractivity contribution in [2.75, 3.05) is 41.0 Å².